The van der Waals surface area contributed by atoms with Gasteiger partial charge in [0.15, 0.2) is 12.2 Å². The van der Waals surface area contributed by atoms with E-state index in [1.54, 1.807) is 6.08 Å². The zero-order valence-corrected chi connectivity index (χ0v) is 11.4. The maximum absolute atomic E-state index is 12.2. The van der Waals surface area contributed by atoms with Crippen LogP contribution in [-0.4, -0.2) is 59.1 Å². The first-order valence-electron chi connectivity index (χ1n) is 5.98. The van der Waals surface area contributed by atoms with E-state index in [0.717, 1.165) is 0 Å². The largest absolute Gasteiger partial charge is 0.444 e. The number of fused-ring (bicyclic) bond motifs is 2. The second-order valence-corrected chi connectivity index (χ2v) is 5.57. The molecule has 21 heavy (non-hydrogen) atoms. The van der Waals surface area contributed by atoms with Gasteiger partial charge in [0.05, 0.1) is 18.8 Å². The molecule has 1 fully saturated rings. The number of hydrogen-bond acceptors (Lipinski definition) is 7. The lowest BCUT2D eigenvalue weighted by Gasteiger charge is -2.27. The maximum Gasteiger partial charge on any atom is 0.418 e. The molecule has 2 amide bonds. The molecule has 0 spiro atoms. The van der Waals surface area contributed by atoms with E-state index in [2.05, 4.69) is 9.27 Å². The van der Waals surface area contributed by atoms with Crippen molar-refractivity contribution in [2.45, 2.75) is 12.1 Å². The fourth-order valence-electron chi connectivity index (χ4n) is 2.49. The van der Waals surface area contributed by atoms with Gasteiger partial charge in [0.25, 0.3) is 0 Å². The fourth-order valence-corrected chi connectivity index (χ4v) is 2.86. The van der Waals surface area contributed by atoms with Gasteiger partial charge in [-0.2, -0.15) is 13.5 Å². The number of hydrogen-bond donors (Lipinski definition) is 2. The van der Waals surface area contributed by atoms with Crippen molar-refractivity contribution in [2.24, 2.45) is 5.73 Å². The number of hydroxylamine groups is 2. The van der Waals surface area contributed by atoms with Gasteiger partial charge in [-0.05, 0) is 0 Å². The number of carbonyl (C=O) groups excluding carboxylic acids is 1. The molecule has 11 heteroatoms. The minimum absolute atomic E-state index is 0.149. The Bertz CT molecular complexity index is 684. The van der Waals surface area contributed by atoms with Crippen LogP contribution in [0.1, 0.15) is 5.76 Å². The summed E-state index contributed by atoms with van der Waals surface area (Å²) >= 11 is 0. The third-order valence-electron chi connectivity index (χ3n) is 3.35. The summed E-state index contributed by atoms with van der Waals surface area (Å²) in [4.78, 5) is 17.3. The Hall–Kier alpha value is -1.95. The smallest absolute Gasteiger partial charge is 0.418 e. The first-order chi connectivity index (χ1) is 9.90. The van der Waals surface area contributed by atoms with E-state index >= 15 is 0 Å². The third kappa shape index (κ3) is 2.40. The van der Waals surface area contributed by atoms with Crippen LogP contribution < -0.4 is 5.73 Å². The third-order valence-corrected chi connectivity index (χ3v) is 3.70. The predicted molar refractivity (Wildman–Crippen MR) is 67.7 cm³/mol. The minimum Gasteiger partial charge on any atom is -0.444 e. The van der Waals surface area contributed by atoms with Crippen LogP contribution in [0.5, 0.6) is 0 Å². The van der Waals surface area contributed by atoms with Crippen LogP contribution in [0.4, 0.5) is 4.79 Å². The SMILES string of the molecule is NCC1C=C(c2cnco2)C2CN1C(=O)N2OS(=O)(=O)O. The van der Waals surface area contributed by atoms with E-state index in [4.69, 9.17) is 14.7 Å². The molecule has 0 aromatic carbocycles. The Kier molecular flexibility index (Phi) is 3.20. The first kappa shape index (κ1) is 14.0. The lowest BCUT2D eigenvalue weighted by Crippen LogP contribution is -2.43. The van der Waals surface area contributed by atoms with E-state index in [9.17, 15) is 13.2 Å². The molecule has 0 saturated carbocycles. The van der Waals surface area contributed by atoms with E-state index in [1.807, 2.05) is 0 Å². The number of urea groups is 1. The Labute approximate surface area is 119 Å². The van der Waals surface area contributed by atoms with Gasteiger partial charge in [-0.15, -0.1) is 4.28 Å². The van der Waals surface area contributed by atoms with Gasteiger partial charge in [0.2, 0.25) is 0 Å². The summed E-state index contributed by atoms with van der Waals surface area (Å²) in [6, 6.07) is -1.86. The summed E-state index contributed by atoms with van der Waals surface area (Å²) in [7, 11) is -4.82. The van der Waals surface area contributed by atoms with Gasteiger partial charge < -0.3 is 15.1 Å². The predicted octanol–water partition coefficient (Wildman–Crippen LogP) is -0.760. The number of aromatic nitrogens is 1. The standard InChI is InChI=1S/C10H12N4O6S/c11-2-6-1-7(9-3-12-5-19-9)8-4-13(6)10(15)14(8)20-21(16,17)18/h1,3,5-6,8H,2,4,11H2,(H,16,17,18). The second-order valence-electron chi connectivity index (χ2n) is 4.57. The fraction of sp³-hybridized carbons (Fsp3) is 0.400. The minimum atomic E-state index is -4.82. The van der Waals surface area contributed by atoms with Gasteiger partial charge >= 0.3 is 16.4 Å². The number of rotatable bonds is 4. The summed E-state index contributed by atoms with van der Waals surface area (Å²) in [6.07, 6.45) is 4.34. The monoisotopic (exact) mass is 316 g/mol. The summed E-state index contributed by atoms with van der Waals surface area (Å²) in [5.41, 5.74) is 6.15. The van der Waals surface area contributed by atoms with E-state index in [-0.39, 0.29) is 13.1 Å². The molecule has 1 aromatic rings. The quantitative estimate of drug-likeness (QED) is 0.691. The van der Waals surface area contributed by atoms with Crippen molar-refractivity contribution in [2.75, 3.05) is 13.1 Å². The molecule has 2 atom stereocenters. The number of amides is 2. The Morgan fingerprint density at radius 1 is 1.57 bits per heavy atom. The van der Waals surface area contributed by atoms with Crippen molar-refractivity contribution < 1.29 is 26.5 Å². The van der Waals surface area contributed by atoms with Gasteiger partial charge in [0.1, 0.15) is 6.04 Å². The molecule has 0 aliphatic carbocycles. The highest BCUT2D eigenvalue weighted by atomic mass is 32.3. The van der Waals surface area contributed by atoms with Crippen molar-refractivity contribution in [1.82, 2.24) is 14.9 Å². The van der Waals surface area contributed by atoms with Crippen LogP contribution in [-0.2, 0) is 14.7 Å². The number of oxazole rings is 1. The van der Waals surface area contributed by atoms with Crippen LogP contribution in [0.25, 0.3) is 5.57 Å². The highest BCUT2D eigenvalue weighted by molar-refractivity contribution is 7.80. The molecule has 2 aliphatic heterocycles. The maximum atomic E-state index is 12.2. The zero-order chi connectivity index (χ0) is 15.2. The first-order valence-corrected chi connectivity index (χ1v) is 7.34. The Morgan fingerprint density at radius 2 is 2.33 bits per heavy atom. The van der Waals surface area contributed by atoms with Crippen LogP contribution in [0.2, 0.25) is 0 Å². The van der Waals surface area contributed by atoms with Crippen LogP contribution in [0.15, 0.2) is 23.1 Å². The van der Waals surface area contributed by atoms with Crippen LogP contribution in [0.3, 0.4) is 0 Å². The molecule has 3 N–H and O–H groups in total. The highest BCUT2D eigenvalue weighted by Gasteiger charge is 2.48. The van der Waals surface area contributed by atoms with Crippen molar-refractivity contribution in [3.05, 3.63) is 24.4 Å². The number of nitrogens with zero attached hydrogens (tertiary/aromatic N) is 3. The lowest BCUT2D eigenvalue weighted by molar-refractivity contribution is -0.0165. The molecule has 2 bridgehead atoms. The summed E-state index contributed by atoms with van der Waals surface area (Å²) < 4.78 is 40.2. The van der Waals surface area contributed by atoms with Gasteiger partial charge in [0, 0.05) is 12.1 Å². The summed E-state index contributed by atoms with van der Waals surface area (Å²) in [5.74, 6) is 0.372. The van der Waals surface area contributed by atoms with Crippen molar-refractivity contribution >= 4 is 22.0 Å². The molecule has 2 aliphatic rings. The van der Waals surface area contributed by atoms with Crippen LogP contribution >= 0.6 is 0 Å². The molecule has 114 valence electrons. The molecule has 0 radical (unpaired) electrons. The molecule has 1 saturated heterocycles. The molecule has 10 nitrogen and oxygen atoms in total. The molecule has 2 unspecified atom stereocenters. The van der Waals surface area contributed by atoms with E-state index in [0.29, 0.717) is 16.4 Å². The molecule has 1 aromatic heterocycles. The van der Waals surface area contributed by atoms with E-state index in [1.165, 1.54) is 17.5 Å². The second kappa shape index (κ2) is 4.80. The normalized spacial score (nSPS) is 25.4. The van der Waals surface area contributed by atoms with Gasteiger partial charge in [-0.1, -0.05) is 6.08 Å². The van der Waals surface area contributed by atoms with Crippen molar-refractivity contribution in [1.29, 1.82) is 0 Å². The van der Waals surface area contributed by atoms with Gasteiger partial charge in [-0.25, -0.2) is 9.78 Å². The van der Waals surface area contributed by atoms with E-state index < -0.39 is 28.5 Å². The topological polar surface area (TPSA) is 139 Å². The summed E-state index contributed by atoms with van der Waals surface area (Å²) in [6.45, 7) is 0.318. The molecular formula is C10H12N4O6S. The molecular weight excluding hydrogens is 304 g/mol. The average Bonchev–Trinajstić information content (AvgIpc) is 3.02. The molecule has 3 rings (SSSR count). The number of carbonyl (C=O) groups is 1. The van der Waals surface area contributed by atoms with Crippen molar-refractivity contribution in [3.8, 4) is 0 Å². The Balaban J connectivity index is 2.01. The highest BCUT2D eigenvalue weighted by Crippen LogP contribution is 2.35. The molecule has 3 heterocycles. The van der Waals surface area contributed by atoms with Gasteiger partial charge in [-0.3, -0.25) is 4.55 Å². The Morgan fingerprint density at radius 3 is 2.90 bits per heavy atom. The lowest BCUT2D eigenvalue weighted by atomic mass is 9.98. The average molecular weight is 316 g/mol. The van der Waals surface area contributed by atoms with Crippen LogP contribution in [0, 0.1) is 0 Å². The zero-order valence-electron chi connectivity index (χ0n) is 10.6. The van der Waals surface area contributed by atoms with Crippen molar-refractivity contribution in [3.63, 3.8) is 0 Å². The number of nitrogens with two attached hydrogens (primary N) is 1. The summed E-state index contributed by atoms with van der Waals surface area (Å²) in [5, 5.41) is 0.597.